The topological polar surface area (TPSA) is 58.6 Å². The average molecular weight is 217 g/mol. The number of aliphatic hydroxyl groups excluding tert-OH is 1. The second-order valence-corrected chi connectivity index (χ2v) is 4.62. The van der Waals surface area contributed by atoms with Crippen molar-refractivity contribution in [2.24, 2.45) is 5.41 Å². The van der Waals surface area contributed by atoms with E-state index in [0.717, 1.165) is 19.4 Å². The fourth-order valence-electron chi connectivity index (χ4n) is 1.34. The molecule has 2 N–H and O–H groups in total. The molecule has 0 radical (unpaired) electrons. The third kappa shape index (κ3) is 6.47. The van der Waals surface area contributed by atoms with Gasteiger partial charge in [0.2, 0.25) is 0 Å². The van der Waals surface area contributed by atoms with Crippen LogP contribution >= 0.6 is 0 Å². The summed E-state index contributed by atoms with van der Waals surface area (Å²) in [7, 11) is 1.39. The molecule has 0 aliphatic carbocycles. The Morgan fingerprint density at radius 1 is 1.53 bits per heavy atom. The fraction of sp³-hybridized carbons (Fsp3) is 0.909. The molecular weight excluding hydrogens is 194 g/mol. The van der Waals surface area contributed by atoms with Gasteiger partial charge in [-0.2, -0.15) is 0 Å². The van der Waals surface area contributed by atoms with Crippen LogP contribution in [0.15, 0.2) is 0 Å². The van der Waals surface area contributed by atoms with Crippen LogP contribution in [0, 0.1) is 5.41 Å². The third-order valence-electron chi connectivity index (χ3n) is 2.45. The van der Waals surface area contributed by atoms with Crippen LogP contribution in [0.25, 0.3) is 0 Å². The van der Waals surface area contributed by atoms with Crippen molar-refractivity contribution in [3.8, 4) is 0 Å². The summed E-state index contributed by atoms with van der Waals surface area (Å²) in [6, 6.07) is -0.275. The van der Waals surface area contributed by atoms with E-state index in [-0.39, 0.29) is 24.0 Å². The van der Waals surface area contributed by atoms with Crippen molar-refractivity contribution in [1.29, 1.82) is 0 Å². The van der Waals surface area contributed by atoms with Crippen LogP contribution in [0.5, 0.6) is 0 Å². The van der Waals surface area contributed by atoms with Crippen molar-refractivity contribution >= 4 is 5.97 Å². The Morgan fingerprint density at radius 3 is 2.60 bits per heavy atom. The lowest BCUT2D eigenvalue weighted by atomic mass is 9.87. The Labute approximate surface area is 92.0 Å². The minimum atomic E-state index is -0.275. The zero-order valence-electron chi connectivity index (χ0n) is 10.2. The Hall–Kier alpha value is -0.610. The summed E-state index contributed by atoms with van der Waals surface area (Å²) in [6.07, 6.45) is 1.73. The molecule has 0 aliphatic heterocycles. The zero-order chi connectivity index (χ0) is 11.9. The normalized spacial score (nSPS) is 13.7. The Bertz CT molecular complexity index is 192. The number of ether oxygens (including phenoxy) is 1. The summed E-state index contributed by atoms with van der Waals surface area (Å²) >= 11 is 0. The van der Waals surface area contributed by atoms with E-state index in [2.05, 4.69) is 23.9 Å². The molecule has 0 aromatic carbocycles. The second-order valence-electron chi connectivity index (χ2n) is 4.62. The molecule has 90 valence electrons. The highest BCUT2D eigenvalue weighted by molar-refractivity contribution is 5.75. The van der Waals surface area contributed by atoms with Gasteiger partial charge in [0, 0.05) is 13.2 Å². The molecule has 0 amide bonds. The van der Waals surface area contributed by atoms with Gasteiger partial charge in [0.15, 0.2) is 0 Å². The van der Waals surface area contributed by atoms with E-state index in [1.807, 2.05) is 0 Å². The molecular formula is C11H23NO3. The lowest BCUT2D eigenvalue weighted by molar-refractivity contribution is -0.142. The highest BCUT2D eigenvalue weighted by Gasteiger charge is 2.20. The first-order valence-electron chi connectivity index (χ1n) is 5.35. The number of carbonyl (C=O) groups is 1. The molecule has 4 nitrogen and oxygen atoms in total. The Balaban J connectivity index is 3.86. The minimum Gasteiger partial charge on any atom is -0.468 e. The van der Waals surface area contributed by atoms with Gasteiger partial charge in [-0.3, -0.25) is 4.79 Å². The summed E-state index contributed by atoms with van der Waals surface area (Å²) in [5.41, 5.74) is 0.0883. The van der Waals surface area contributed by atoms with Gasteiger partial charge in [-0.1, -0.05) is 13.8 Å². The predicted octanol–water partition coefficient (Wildman–Crippen LogP) is 0.936. The molecule has 0 aromatic rings. The molecule has 0 fully saturated rings. The largest absolute Gasteiger partial charge is 0.468 e. The van der Waals surface area contributed by atoms with Crippen LogP contribution in [-0.2, 0) is 9.53 Å². The van der Waals surface area contributed by atoms with Gasteiger partial charge in [-0.05, 0) is 25.2 Å². The number of esters is 1. The molecule has 15 heavy (non-hydrogen) atoms. The minimum absolute atomic E-state index is 0.0883. The van der Waals surface area contributed by atoms with Gasteiger partial charge < -0.3 is 15.2 Å². The van der Waals surface area contributed by atoms with E-state index in [0.29, 0.717) is 0 Å². The predicted molar refractivity (Wildman–Crippen MR) is 59.6 cm³/mol. The lowest BCUT2D eigenvalue weighted by Crippen LogP contribution is -2.40. The first-order chi connectivity index (χ1) is 6.93. The molecule has 0 saturated carbocycles. The molecule has 0 saturated heterocycles. The van der Waals surface area contributed by atoms with Gasteiger partial charge in [-0.15, -0.1) is 0 Å². The second kappa shape index (κ2) is 6.80. The zero-order valence-corrected chi connectivity index (χ0v) is 10.2. The summed E-state index contributed by atoms with van der Waals surface area (Å²) in [4.78, 5) is 11.1. The molecule has 0 aliphatic rings. The smallest absolute Gasteiger partial charge is 0.322 e. The molecule has 0 bridgehead atoms. The van der Waals surface area contributed by atoms with Crippen LogP contribution in [0.1, 0.15) is 33.6 Å². The van der Waals surface area contributed by atoms with Crippen molar-refractivity contribution in [2.45, 2.75) is 39.7 Å². The fourth-order valence-corrected chi connectivity index (χ4v) is 1.34. The average Bonchev–Trinajstić information content (AvgIpc) is 2.22. The van der Waals surface area contributed by atoms with Crippen molar-refractivity contribution in [2.75, 3.05) is 20.3 Å². The maximum atomic E-state index is 11.1. The monoisotopic (exact) mass is 217 g/mol. The Morgan fingerprint density at radius 2 is 2.13 bits per heavy atom. The van der Waals surface area contributed by atoms with Gasteiger partial charge >= 0.3 is 5.97 Å². The van der Waals surface area contributed by atoms with Gasteiger partial charge in [0.05, 0.1) is 7.11 Å². The summed E-state index contributed by atoms with van der Waals surface area (Å²) in [5, 5.41) is 11.9. The molecule has 1 unspecified atom stereocenters. The van der Waals surface area contributed by atoms with Gasteiger partial charge in [0.1, 0.15) is 6.04 Å². The lowest BCUT2D eigenvalue weighted by Gasteiger charge is -2.26. The van der Waals surface area contributed by atoms with E-state index >= 15 is 0 Å². The maximum Gasteiger partial charge on any atom is 0.322 e. The molecule has 0 aromatic heterocycles. The highest BCUT2D eigenvalue weighted by atomic mass is 16.5. The van der Waals surface area contributed by atoms with Crippen LogP contribution in [0.3, 0.4) is 0 Å². The third-order valence-corrected chi connectivity index (χ3v) is 2.45. The number of rotatable bonds is 7. The number of nitrogens with one attached hydrogen (secondary N) is 1. The van der Waals surface area contributed by atoms with Gasteiger partial charge in [0.25, 0.3) is 0 Å². The standard InChI is InChI=1S/C11H23NO3/c1-9(10(14)15-4)12-8-11(2,3)6-5-7-13/h9,12-13H,5-8H2,1-4H3. The molecule has 4 heteroatoms. The SMILES string of the molecule is COC(=O)C(C)NCC(C)(C)CCCO. The van der Waals surface area contributed by atoms with Gasteiger partial charge in [-0.25, -0.2) is 0 Å². The number of aliphatic hydroxyl groups is 1. The summed E-state index contributed by atoms with van der Waals surface area (Å²) in [6.45, 7) is 6.96. The summed E-state index contributed by atoms with van der Waals surface area (Å²) < 4.78 is 4.62. The number of carbonyl (C=O) groups excluding carboxylic acids is 1. The number of hydrogen-bond acceptors (Lipinski definition) is 4. The van der Waals surface area contributed by atoms with Crippen LogP contribution in [0.2, 0.25) is 0 Å². The van der Waals surface area contributed by atoms with Crippen molar-refractivity contribution in [1.82, 2.24) is 5.32 Å². The first-order valence-corrected chi connectivity index (χ1v) is 5.35. The van der Waals surface area contributed by atoms with E-state index < -0.39 is 0 Å². The van der Waals surface area contributed by atoms with Crippen LogP contribution < -0.4 is 5.32 Å². The van der Waals surface area contributed by atoms with Crippen LogP contribution in [0.4, 0.5) is 0 Å². The quantitative estimate of drug-likeness (QED) is 0.623. The van der Waals surface area contributed by atoms with Crippen molar-refractivity contribution in [3.05, 3.63) is 0 Å². The molecule has 0 spiro atoms. The Kier molecular flexibility index (Phi) is 6.52. The maximum absolute atomic E-state index is 11.1. The first kappa shape index (κ1) is 14.4. The van der Waals surface area contributed by atoms with E-state index in [4.69, 9.17) is 5.11 Å². The van der Waals surface area contributed by atoms with E-state index in [1.165, 1.54) is 7.11 Å². The van der Waals surface area contributed by atoms with E-state index in [1.54, 1.807) is 6.92 Å². The molecule has 0 rings (SSSR count). The van der Waals surface area contributed by atoms with Crippen molar-refractivity contribution in [3.63, 3.8) is 0 Å². The number of hydrogen-bond donors (Lipinski definition) is 2. The van der Waals surface area contributed by atoms with Crippen LogP contribution in [-0.4, -0.2) is 37.4 Å². The number of methoxy groups -OCH3 is 1. The van der Waals surface area contributed by atoms with Crippen molar-refractivity contribution < 1.29 is 14.6 Å². The summed E-state index contributed by atoms with van der Waals surface area (Å²) in [5.74, 6) is -0.243. The highest BCUT2D eigenvalue weighted by Crippen LogP contribution is 2.20. The van der Waals surface area contributed by atoms with E-state index in [9.17, 15) is 4.79 Å². The molecule has 1 atom stereocenters. The molecule has 0 heterocycles.